The Hall–Kier alpha value is -0.420. The SMILES string of the molecule is CCOC(O)(c1cccc2ccccc12)C(Br)Br. The van der Waals surface area contributed by atoms with Crippen LogP contribution in [0.15, 0.2) is 42.5 Å². The molecular formula is C14H14Br2O2. The fourth-order valence-corrected chi connectivity index (χ4v) is 2.77. The highest BCUT2D eigenvalue weighted by atomic mass is 79.9. The third kappa shape index (κ3) is 2.48. The van der Waals surface area contributed by atoms with E-state index in [9.17, 15) is 5.11 Å². The standard InChI is InChI=1S/C14H14Br2O2/c1-2-18-14(17,13(15)16)12-9-5-7-10-6-3-4-8-11(10)12/h3-9,13,17H,2H2,1H3. The average Bonchev–Trinajstić information content (AvgIpc) is 2.38. The van der Waals surface area contributed by atoms with Crippen LogP contribution in [0, 0.1) is 0 Å². The molecule has 0 aliphatic carbocycles. The summed E-state index contributed by atoms with van der Waals surface area (Å²) >= 11 is 6.72. The van der Waals surface area contributed by atoms with Gasteiger partial charge in [0, 0.05) is 12.2 Å². The van der Waals surface area contributed by atoms with E-state index < -0.39 is 5.79 Å². The van der Waals surface area contributed by atoms with E-state index in [1.54, 1.807) is 0 Å². The Morgan fingerprint density at radius 2 is 1.83 bits per heavy atom. The summed E-state index contributed by atoms with van der Waals surface area (Å²) in [7, 11) is 0. The van der Waals surface area contributed by atoms with E-state index >= 15 is 0 Å². The number of rotatable bonds is 4. The van der Waals surface area contributed by atoms with Gasteiger partial charge < -0.3 is 9.84 Å². The van der Waals surface area contributed by atoms with Crippen molar-refractivity contribution in [1.82, 2.24) is 0 Å². The van der Waals surface area contributed by atoms with Gasteiger partial charge in [0.15, 0.2) is 0 Å². The molecule has 18 heavy (non-hydrogen) atoms. The highest BCUT2D eigenvalue weighted by Crippen LogP contribution is 2.38. The van der Waals surface area contributed by atoms with Gasteiger partial charge in [0.25, 0.3) is 0 Å². The van der Waals surface area contributed by atoms with Gasteiger partial charge in [-0.05, 0) is 17.7 Å². The van der Waals surface area contributed by atoms with Gasteiger partial charge >= 0.3 is 0 Å². The van der Waals surface area contributed by atoms with Crippen molar-refractivity contribution in [2.45, 2.75) is 16.4 Å². The van der Waals surface area contributed by atoms with Crippen LogP contribution >= 0.6 is 31.9 Å². The van der Waals surface area contributed by atoms with E-state index in [1.807, 2.05) is 49.4 Å². The minimum atomic E-state index is -1.39. The lowest BCUT2D eigenvalue weighted by Crippen LogP contribution is -2.36. The number of fused-ring (bicyclic) bond motifs is 1. The van der Waals surface area contributed by atoms with E-state index in [0.29, 0.717) is 6.61 Å². The zero-order valence-corrected chi connectivity index (χ0v) is 13.1. The van der Waals surface area contributed by atoms with Gasteiger partial charge in [0.2, 0.25) is 5.79 Å². The summed E-state index contributed by atoms with van der Waals surface area (Å²) in [5.41, 5.74) is 0.751. The molecule has 0 saturated carbocycles. The third-order valence-electron chi connectivity index (χ3n) is 2.84. The summed E-state index contributed by atoms with van der Waals surface area (Å²) in [6.45, 7) is 2.28. The Morgan fingerprint density at radius 1 is 1.17 bits per heavy atom. The second kappa shape index (κ2) is 5.70. The molecule has 1 atom stereocenters. The second-order valence-corrected chi connectivity index (χ2v) is 7.02. The number of benzene rings is 2. The highest BCUT2D eigenvalue weighted by molar-refractivity contribution is 9.24. The van der Waals surface area contributed by atoms with Gasteiger partial charge in [-0.15, -0.1) is 0 Å². The van der Waals surface area contributed by atoms with E-state index in [2.05, 4.69) is 31.9 Å². The Balaban J connectivity index is 2.64. The van der Waals surface area contributed by atoms with Crippen LogP contribution in [0.1, 0.15) is 12.5 Å². The molecule has 0 bridgehead atoms. The maximum Gasteiger partial charge on any atom is 0.216 e. The molecule has 4 heteroatoms. The molecule has 96 valence electrons. The minimum Gasteiger partial charge on any atom is -0.360 e. The molecule has 0 amide bonds. The summed E-state index contributed by atoms with van der Waals surface area (Å²) in [4.78, 5) is 0. The third-order valence-corrected chi connectivity index (χ3v) is 4.08. The lowest BCUT2D eigenvalue weighted by atomic mass is 9.99. The Bertz CT molecular complexity index is 537. The fourth-order valence-electron chi connectivity index (χ4n) is 2.02. The van der Waals surface area contributed by atoms with Crippen LogP contribution in [0.2, 0.25) is 0 Å². The molecule has 0 aliphatic rings. The summed E-state index contributed by atoms with van der Waals surface area (Å²) in [5, 5.41) is 12.8. The molecule has 0 aliphatic heterocycles. The van der Waals surface area contributed by atoms with Crippen LogP contribution in [0.5, 0.6) is 0 Å². The zero-order chi connectivity index (χ0) is 13.2. The first kappa shape index (κ1) is 14.0. The van der Waals surface area contributed by atoms with Crippen molar-refractivity contribution >= 4 is 42.6 Å². The van der Waals surface area contributed by atoms with Crippen molar-refractivity contribution in [2.75, 3.05) is 6.61 Å². The van der Waals surface area contributed by atoms with E-state index in [-0.39, 0.29) is 3.74 Å². The summed E-state index contributed by atoms with van der Waals surface area (Å²) < 4.78 is 5.16. The smallest absolute Gasteiger partial charge is 0.216 e. The van der Waals surface area contributed by atoms with Crippen LogP contribution in [0.3, 0.4) is 0 Å². The first-order chi connectivity index (χ1) is 8.59. The Labute approximate surface area is 123 Å². The van der Waals surface area contributed by atoms with Crippen molar-refractivity contribution < 1.29 is 9.84 Å². The predicted molar refractivity (Wildman–Crippen MR) is 81.1 cm³/mol. The molecule has 0 aromatic heterocycles. The fraction of sp³-hybridized carbons (Fsp3) is 0.286. The van der Waals surface area contributed by atoms with E-state index in [4.69, 9.17) is 4.74 Å². The molecule has 0 saturated heterocycles. The van der Waals surface area contributed by atoms with Gasteiger partial charge in [-0.3, -0.25) is 0 Å². The van der Waals surface area contributed by atoms with Crippen LogP contribution < -0.4 is 0 Å². The normalized spacial score (nSPS) is 14.9. The number of ether oxygens (including phenoxy) is 1. The van der Waals surface area contributed by atoms with Gasteiger partial charge in [-0.2, -0.15) is 0 Å². The maximum atomic E-state index is 10.7. The molecule has 2 nitrogen and oxygen atoms in total. The molecule has 2 aromatic carbocycles. The summed E-state index contributed by atoms with van der Waals surface area (Å²) in [6.07, 6.45) is 0. The average molecular weight is 374 g/mol. The van der Waals surface area contributed by atoms with E-state index in [1.165, 1.54) is 0 Å². The van der Waals surface area contributed by atoms with Crippen LogP contribution in [0.25, 0.3) is 10.8 Å². The minimum absolute atomic E-state index is 0.386. The number of hydrogen-bond acceptors (Lipinski definition) is 2. The maximum absolute atomic E-state index is 10.7. The van der Waals surface area contributed by atoms with Crippen molar-refractivity contribution in [3.05, 3.63) is 48.0 Å². The predicted octanol–water partition coefficient (Wildman–Crippen LogP) is 4.14. The number of halogens is 2. The molecule has 2 rings (SSSR count). The van der Waals surface area contributed by atoms with Gasteiger partial charge in [0.1, 0.15) is 3.74 Å². The molecule has 0 fully saturated rings. The van der Waals surface area contributed by atoms with Crippen molar-refractivity contribution in [2.24, 2.45) is 0 Å². The molecule has 1 unspecified atom stereocenters. The molecular weight excluding hydrogens is 360 g/mol. The van der Waals surface area contributed by atoms with Gasteiger partial charge in [0.05, 0.1) is 0 Å². The monoisotopic (exact) mass is 372 g/mol. The molecule has 0 heterocycles. The topological polar surface area (TPSA) is 29.5 Å². The lowest BCUT2D eigenvalue weighted by Gasteiger charge is -2.31. The van der Waals surface area contributed by atoms with Crippen LogP contribution in [0.4, 0.5) is 0 Å². The summed E-state index contributed by atoms with van der Waals surface area (Å²) in [6, 6.07) is 13.8. The zero-order valence-electron chi connectivity index (χ0n) is 9.94. The molecule has 0 spiro atoms. The lowest BCUT2D eigenvalue weighted by molar-refractivity contribution is -0.194. The second-order valence-electron chi connectivity index (χ2n) is 3.96. The van der Waals surface area contributed by atoms with Gasteiger partial charge in [-0.25, -0.2) is 0 Å². The highest BCUT2D eigenvalue weighted by Gasteiger charge is 2.37. The quantitative estimate of drug-likeness (QED) is 0.644. The Kier molecular flexibility index (Phi) is 4.43. The number of hydrogen-bond donors (Lipinski definition) is 1. The van der Waals surface area contributed by atoms with Crippen LogP contribution in [-0.2, 0) is 10.5 Å². The largest absolute Gasteiger partial charge is 0.360 e. The first-order valence-electron chi connectivity index (χ1n) is 5.72. The Morgan fingerprint density at radius 3 is 2.50 bits per heavy atom. The van der Waals surface area contributed by atoms with E-state index in [0.717, 1.165) is 16.3 Å². The van der Waals surface area contributed by atoms with Crippen molar-refractivity contribution in [3.8, 4) is 0 Å². The van der Waals surface area contributed by atoms with Gasteiger partial charge in [-0.1, -0.05) is 74.3 Å². The molecule has 2 aromatic rings. The summed E-state index contributed by atoms with van der Waals surface area (Å²) in [5.74, 6) is -1.39. The number of alkyl halides is 2. The number of aliphatic hydroxyl groups is 1. The van der Waals surface area contributed by atoms with Crippen molar-refractivity contribution in [1.29, 1.82) is 0 Å². The molecule has 1 N–H and O–H groups in total. The first-order valence-corrected chi connectivity index (χ1v) is 7.55. The van der Waals surface area contributed by atoms with Crippen molar-refractivity contribution in [3.63, 3.8) is 0 Å². The molecule has 0 radical (unpaired) electrons. The van der Waals surface area contributed by atoms with Crippen LogP contribution in [-0.4, -0.2) is 15.4 Å².